The number of aryl methyl sites for hydroxylation is 2. The maximum atomic E-state index is 10.6. The molecule has 3 aromatic heterocycles. The van der Waals surface area contributed by atoms with Crippen LogP contribution in [0.3, 0.4) is 0 Å². The van der Waals surface area contributed by atoms with Crippen LogP contribution in [0.1, 0.15) is 38.8 Å². The maximum absolute atomic E-state index is 10.6. The molecular weight excluding hydrogens is 458 g/mol. The lowest BCUT2D eigenvalue weighted by Gasteiger charge is -2.22. The first kappa shape index (κ1) is 21.9. The zero-order chi connectivity index (χ0) is 26.8. The molecular formula is C32H29N3O2. The molecule has 0 amide bonds. The van der Waals surface area contributed by atoms with Gasteiger partial charge >= 0.3 is 0 Å². The van der Waals surface area contributed by atoms with E-state index in [9.17, 15) is 5.11 Å². The first-order valence-electron chi connectivity index (χ1n) is 12.9. The lowest BCUT2D eigenvalue weighted by Crippen LogP contribution is -2.12. The molecule has 37 heavy (non-hydrogen) atoms. The largest absolute Gasteiger partial charge is 0.506 e. The second-order valence-corrected chi connectivity index (χ2v) is 10.6. The van der Waals surface area contributed by atoms with E-state index in [0.717, 1.165) is 43.9 Å². The van der Waals surface area contributed by atoms with Crippen molar-refractivity contribution >= 4 is 32.7 Å². The van der Waals surface area contributed by atoms with Gasteiger partial charge in [0.05, 0.1) is 12.4 Å². The normalized spacial score (nSPS) is 12.4. The highest BCUT2D eigenvalue weighted by Crippen LogP contribution is 2.42. The summed E-state index contributed by atoms with van der Waals surface area (Å²) in [5, 5.41) is 13.7. The molecule has 3 aromatic carbocycles. The molecule has 5 nitrogen and oxygen atoms in total. The van der Waals surface area contributed by atoms with Crippen LogP contribution in [0.5, 0.6) is 17.4 Å². The van der Waals surface area contributed by atoms with Gasteiger partial charge in [-0.2, -0.15) is 0 Å². The van der Waals surface area contributed by atoms with Crippen molar-refractivity contribution in [1.82, 2.24) is 14.5 Å². The number of nitrogens with zero attached hydrogens (tertiary/aromatic N) is 3. The zero-order valence-corrected chi connectivity index (χ0v) is 21.6. The van der Waals surface area contributed by atoms with Crippen LogP contribution in [0.2, 0.25) is 0 Å². The molecule has 0 aliphatic rings. The zero-order valence-electron chi connectivity index (χ0n) is 22.6. The van der Waals surface area contributed by atoms with Crippen LogP contribution in [-0.2, 0) is 5.41 Å². The first-order chi connectivity index (χ1) is 18.1. The fourth-order valence-corrected chi connectivity index (χ4v) is 5.16. The Kier molecular flexibility index (Phi) is 4.93. The number of para-hydroxylation sites is 1. The van der Waals surface area contributed by atoms with Crippen molar-refractivity contribution in [3.05, 3.63) is 95.7 Å². The van der Waals surface area contributed by atoms with Gasteiger partial charge in [-0.25, -0.2) is 9.97 Å². The number of aromatic hydroxyl groups is 1. The number of hydrogen-bond acceptors (Lipinski definition) is 4. The second kappa shape index (κ2) is 8.34. The van der Waals surface area contributed by atoms with Crippen LogP contribution in [0.15, 0.2) is 79.0 Å². The third-order valence-corrected chi connectivity index (χ3v) is 6.82. The van der Waals surface area contributed by atoms with E-state index in [-0.39, 0.29) is 11.2 Å². The number of aromatic nitrogens is 3. The van der Waals surface area contributed by atoms with E-state index in [4.69, 9.17) is 6.11 Å². The van der Waals surface area contributed by atoms with Gasteiger partial charge in [-0.1, -0.05) is 45.0 Å². The molecule has 184 valence electrons. The molecule has 0 atom stereocenters. The van der Waals surface area contributed by atoms with Crippen LogP contribution in [-0.4, -0.2) is 19.6 Å². The van der Waals surface area contributed by atoms with Crippen molar-refractivity contribution in [1.29, 1.82) is 0 Å². The monoisotopic (exact) mass is 488 g/mol. The summed E-state index contributed by atoms with van der Waals surface area (Å²) in [4.78, 5) is 9.28. The van der Waals surface area contributed by atoms with Gasteiger partial charge in [0.15, 0.2) is 0 Å². The van der Waals surface area contributed by atoms with E-state index in [1.165, 1.54) is 0 Å². The summed E-state index contributed by atoms with van der Waals surface area (Å²) < 4.78 is 16.7. The van der Waals surface area contributed by atoms with Gasteiger partial charge in [0, 0.05) is 34.5 Å². The lowest BCUT2D eigenvalue weighted by molar-refractivity contribution is 0.457. The molecule has 0 fully saturated rings. The van der Waals surface area contributed by atoms with Gasteiger partial charge in [0.25, 0.3) is 0 Å². The lowest BCUT2D eigenvalue weighted by atomic mass is 9.84. The number of phenols is 1. The summed E-state index contributed by atoms with van der Waals surface area (Å²) in [6.45, 7) is 10.5. The van der Waals surface area contributed by atoms with Gasteiger partial charge in [-0.15, -0.1) is 0 Å². The Labute approximate surface area is 217 Å². The molecule has 0 aliphatic heterocycles. The molecule has 0 bridgehead atoms. The molecule has 6 aromatic rings. The van der Waals surface area contributed by atoms with E-state index in [0.29, 0.717) is 29.0 Å². The summed E-state index contributed by atoms with van der Waals surface area (Å²) in [6, 6.07) is 21.9. The summed E-state index contributed by atoms with van der Waals surface area (Å²) in [5.74, 6) is 1.88. The number of pyridine rings is 2. The Hall–Kier alpha value is -4.38. The third-order valence-electron chi connectivity index (χ3n) is 6.82. The highest BCUT2D eigenvalue weighted by molar-refractivity contribution is 6.11. The summed E-state index contributed by atoms with van der Waals surface area (Å²) in [6.07, 6.45) is 1.67. The molecule has 0 saturated heterocycles. The van der Waals surface area contributed by atoms with Gasteiger partial charge in [0.2, 0.25) is 5.88 Å². The SMILES string of the molecule is [2H]c1ccnc(-n2c3ccccc3c3c(C(C)(C)C)cc(Oc4cc(C)c5cc(C)cc(O)c5n4)cc32)c1. The van der Waals surface area contributed by atoms with Crippen LogP contribution in [0.25, 0.3) is 38.5 Å². The first-order valence-corrected chi connectivity index (χ1v) is 12.4. The highest BCUT2D eigenvalue weighted by Gasteiger charge is 2.24. The molecule has 0 unspecified atom stereocenters. The van der Waals surface area contributed by atoms with Gasteiger partial charge in [-0.05, 0) is 72.4 Å². The van der Waals surface area contributed by atoms with Crippen molar-refractivity contribution < 1.29 is 11.2 Å². The molecule has 3 heterocycles. The molecule has 6 rings (SSSR count). The van der Waals surface area contributed by atoms with Crippen molar-refractivity contribution in [3.63, 3.8) is 0 Å². The van der Waals surface area contributed by atoms with Crippen LogP contribution >= 0.6 is 0 Å². The Balaban J connectivity index is 1.62. The Bertz CT molecular complexity index is 1880. The fraction of sp³-hybridized carbons (Fsp3) is 0.188. The van der Waals surface area contributed by atoms with E-state index >= 15 is 0 Å². The van der Waals surface area contributed by atoms with Crippen LogP contribution in [0, 0.1) is 13.8 Å². The minimum Gasteiger partial charge on any atom is -0.506 e. The number of rotatable bonds is 3. The molecule has 0 saturated carbocycles. The number of hydrogen-bond donors (Lipinski definition) is 1. The number of benzene rings is 3. The van der Waals surface area contributed by atoms with Gasteiger partial charge in [0.1, 0.15) is 22.8 Å². The van der Waals surface area contributed by atoms with Crippen LogP contribution in [0.4, 0.5) is 0 Å². The number of fused-ring (bicyclic) bond motifs is 4. The van der Waals surface area contributed by atoms with E-state index < -0.39 is 0 Å². The summed E-state index contributed by atoms with van der Waals surface area (Å²) >= 11 is 0. The molecule has 1 N–H and O–H groups in total. The van der Waals surface area contributed by atoms with E-state index in [1.807, 2.05) is 44.2 Å². The van der Waals surface area contributed by atoms with Crippen LogP contribution < -0.4 is 4.74 Å². The predicted molar refractivity (Wildman–Crippen MR) is 150 cm³/mol. The maximum Gasteiger partial charge on any atom is 0.220 e. The van der Waals surface area contributed by atoms with Crippen molar-refractivity contribution in [3.8, 4) is 23.2 Å². The molecule has 0 spiro atoms. The molecule has 0 aliphatic carbocycles. The third kappa shape index (κ3) is 3.87. The number of phenolic OH excluding ortho intramolecular Hbond substituents is 1. The Morgan fingerprint density at radius 2 is 1.73 bits per heavy atom. The minimum absolute atomic E-state index is 0.140. The summed E-state index contributed by atoms with van der Waals surface area (Å²) in [5.41, 5.74) is 5.40. The predicted octanol–water partition coefficient (Wildman–Crippen LogP) is 8.14. The number of ether oxygens (including phenoxy) is 1. The average Bonchev–Trinajstić information content (AvgIpc) is 3.18. The molecule has 0 radical (unpaired) electrons. The van der Waals surface area contributed by atoms with Crippen molar-refractivity contribution in [2.75, 3.05) is 0 Å². The second-order valence-electron chi connectivity index (χ2n) is 10.6. The van der Waals surface area contributed by atoms with E-state index in [2.05, 4.69) is 53.5 Å². The smallest absolute Gasteiger partial charge is 0.220 e. The quantitative estimate of drug-likeness (QED) is 0.273. The summed E-state index contributed by atoms with van der Waals surface area (Å²) in [7, 11) is 0. The van der Waals surface area contributed by atoms with Crippen molar-refractivity contribution in [2.45, 2.75) is 40.0 Å². The van der Waals surface area contributed by atoms with Gasteiger partial charge in [-0.3, -0.25) is 4.57 Å². The fourth-order valence-electron chi connectivity index (χ4n) is 5.16. The Morgan fingerprint density at radius 3 is 2.51 bits per heavy atom. The van der Waals surface area contributed by atoms with Crippen molar-refractivity contribution in [2.24, 2.45) is 0 Å². The Morgan fingerprint density at radius 1 is 0.919 bits per heavy atom. The standard InChI is InChI=1S/C32H29N3O2/c1-19-14-23-20(2)16-29(34-31(23)27(36)15-19)37-21-17-24(32(3,4)5)30-22-10-6-7-11-25(22)35(26(30)18-21)28-12-8-9-13-33-28/h6-18,36H,1-5H3/i8D. The van der Waals surface area contributed by atoms with E-state index in [1.54, 1.807) is 24.4 Å². The highest BCUT2D eigenvalue weighted by atomic mass is 16.5. The topological polar surface area (TPSA) is 60.2 Å². The minimum atomic E-state index is -0.181. The van der Waals surface area contributed by atoms with Gasteiger partial charge < -0.3 is 9.84 Å². The molecule has 5 heteroatoms. The average molecular weight is 489 g/mol.